The van der Waals surface area contributed by atoms with E-state index < -0.39 is 0 Å². The van der Waals surface area contributed by atoms with E-state index in [1.54, 1.807) is 39.0 Å². The van der Waals surface area contributed by atoms with Crippen LogP contribution in [0.1, 0.15) is 38.3 Å². The largest absolute Gasteiger partial charge is 0.334 e. The van der Waals surface area contributed by atoms with Gasteiger partial charge in [0.05, 0.1) is 5.52 Å². The van der Waals surface area contributed by atoms with Gasteiger partial charge in [0.2, 0.25) is 0 Å². The molecule has 0 saturated heterocycles. The van der Waals surface area contributed by atoms with Gasteiger partial charge in [-0.15, -0.1) is 0 Å². The van der Waals surface area contributed by atoms with Crippen molar-refractivity contribution in [3.8, 4) is 0 Å². The molecule has 2 amide bonds. The summed E-state index contributed by atoms with van der Waals surface area (Å²) >= 11 is 0. The Morgan fingerprint density at radius 1 is 1.07 bits per heavy atom. The first-order valence-corrected chi connectivity index (χ1v) is 10.0. The van der Waals surface area contributed by atoms with Crippen LogP contribution in [0.2, 0.25) is 0 Å². The number of hydrogen-bond acceptors (Lipinski definition) is 4. The number of fused-ring (bicyclic) bond motifs is 2. The Morgan fingerprint density at radius 2 is 1.97 bits per heavy atom. The maximum absolute atomic E-state index is 13.0. The van der Waals surface area contributed by atoms with Gasteiger partial charge >= 0.3 is 0 Å². The van der Waals surface area contributed by atoms with E-state index >= 15 is 0 Å². The molecule has 0 aliphatic carbocycles. The van der Waals surface area contributed by atoms with Gasteiger partial charge in [-0.2, -0.15) is 5.10 Å². The second kappa shape index (κ2) is 7.29. The number of nitrogens with zero attached hydrogens (tertiary/aromatic N) is 4. The molecule has 0 atom stereocenters. The lowest BCUT2D eigenvalue weighted by Gasteiger charge is -2.31. The normalized spacial score (nSPS) is 16.0. The average Bonchev–Trinajstić information content (AvgIpc) is 3.26. The van der Waals surface area contributed by atoms with Crippen molar-refractivity contribution in [2.45, 2.75) is 19.4 Å². The van der Waals surface area contributed by atoms with E-state index in [1.807, 2.05) is 24.3 Å². The van der Waals surface area contributed by atoms with Crippen LogP contribution in [0.5, 0.6) is 0 Å². The molecule has 5 heterocycles. The fourth-order valence-electron chi connectivity index (χ4n) is 4.19. The maximum Gasteiger partial charge on any atom is 0.261 e. The monoisotopic (exact) mass is 403 g/mol. The van der Waals surface area contributed by atoms with Crippen LogP contribution in [0.4, 0.5) is 0 Å². The van der Waals surface area contributed by atoms with Crippen LogP contribution in [-0.4, -0.2) is 55.8 Å². The third-order valence-electron chi connectivity index (χ3n) is 5.78. The average molecular weight is 403 g/mol. The van der Waals surface area contributed by atoms with Crippen molar-refractivity contribution >= 4 is 17.3 Å². The van der Waals surface area contributed by atoms with Gasteiger partial charge in [-0.1, -0.05) is 12.2 Å². The van der Waals surface area contributed by atoms with E-state index in [4.69, 9.17) is 0 Å². The minimum Gasteiger partial charge on any atom is -0.334 e. The highest BCUT2D eigenvalue weighted by atomic mass is 16.2. The number of aromatic amines is 1. The predicted octanol–water partition coefficient (Wildman–Crippen LogP) is 1.62. The van der Waals surface area contributed by atoms with Crippen molar-refractivity contribution in [1.82, 2.24) is 24.4 Å². The number of nitrogens with one attached hydrogen (secondary N) is 1. The molecule has 2 aliphatic rings. The van der Waals surface area contributed by atoms with Crippen LogP contribution in [0, 0.1) is 0 Å². The number of H-pyrrole nitrogens is 1. The number of carbonyl (C=O) groups excluding carboxylic acids is 2. The van der Waals surface area contributed by atoms with Crippen LogP contribution >= 0.6 is 0 Å². The quantitative estimate of drug-likeness (QED) is 0.659. The zero-order valence-corrected chi connectivity index (χ0v) is 16.4. The van der Waals surface area contributed by atoms with Crippen molar-refractivity contribution in [3.63, 3.8) is 0 Å². The molecule has 0 bridgehead atoms. The van der Waals surface area contributed by atoms with Crippen molar-refractivity contribution in [3.05, 3.63) is 81.5 Å². The predicted molar refractivity (Wildman–Crippen MR) is 110 cm³/mol. The van der Waals surface area contributed by atoms with E-state index in [0.717, 1.165) is 23.1 Å². The highest BCUT2D eigenvalue weighted by molar-refractivity contribution is 5.97. The van der Waals surface area contributed by atoms with Gasteiger partial charge in [0, 0.05) is 50.3 Å². The Kier molecular flexibility index (Phi) is 4.46. The molecule has 0 spiro atoms. The first-order valence-electron chi connectivity index (χ1n) is 10.0. The number of aromatic nitrogens is 3. The van der Waals surface area contributed by atoms with Gasteiger partial charge in [0.1, 0.15) is 5.56 Å². The van der Waals surface area contributed by atoms with Crippen LogP contribution in [0.15, 0.2) is 53.7 Å². The van der Waals surface area contributed by atoms with E-state index in [0.29, 0.717) is 38.2 Å². The SMILES string of the molecule is O=C(c1ccn2nccc2c1)N1CCc2c(c[nH]c(=O)c2C(=O)N2CC=CCC2)C1. The van der Waals surface area contributed by atoms with Gasteiger partial charge in [0.25, 0.3) is 17.4 Å². The molecule has 0 radical (unpaired) electrons. The summed E-state index contributed by atoms with van der Waals surface area (Å²) in [6, 6.07) is 5.42. The summed E-state index contributed by atoms with van der Waals surface area (Å²) in [7, 11) is 0. The molecule has 0 saturated carbocycles. The first kappa shape index (κ1) is 18.4. The summed E-state index contributed by atoms with van der Waals surface area (Å²) in [5.74, 6) is -0.312. The summed E-state index contributed by atoms with van der Waals surface area (Å²) in [5.41, 5.74) is 2.87. The van der Waals surface area contributed by atoms with Crippen LogP contribution in [-0.2, 0) is 13.0 Å². The fourth-order valence-corrected chi connectivity index (χ4v) is 4.19. The summed E-state index contributed by atoms with van der Waals surface area (Å²) in [5, 5.41) is 4.15. The van der Waals surface area contributed by atoms with E-state index in [9.17, 15) is 14.4 Å². The third-order valence-corrected chi connectivity index (χ3v) is 5.78. The lowest BCUT2D eigenvalue weighted by atomic mass is 9.95. The minimum absolute atomic E-state index is 0.0791. The smallest absolute Gasteiger partial charge is 0.261 e. The summed E-state index contributed by atoms with van der Waals surface area (Å²) < 4.78 is 1.71. The summed E-state index contributed by atoms with van der Waals surface area (Å²) in [4.78, 5) is 44.7. The van der Waals surface area contributed by atoms with E-state index in [1.165, 1.54) is 0 Å². The topological polar surface area (TPSA) is 90.8 Å². The Hall–Kier alpha value is -3.68. The lowest BCUT2D eigenvalue weighted by molar-refractivity contribution is 0.0732. The molecule has 3 aromatic heterocycles. The molecule has 2 aliphatic heterocycles. The van der Waals surface area contributed by atoms with Crippen molar-refractivity contribution in [2.24, 2.45) is 0 Å². The van der Waals surface area contributed by atoms with Gasteiger partial charge in [-0.25, -0.2) is 4.52 Å². The van der Waals surface area contributed by atoms with Crippen LogP contribution in [0.3, 0.4) is 0 Å². The van der Waals surface area contributed by atoms with Crippen molar-refractivity contribution in [1.29, 1.82) is 0 Å². The molecular weight excluding hydrogens is 382 g/mol. The van der Waals surface area contributed by atoms with Crippen LogP contribution < -0.4 is 5.56 Å². The molecule has 0 aromatic carbocycles. The zero-order chi connectivity index (χ0) is 20.7. The number of rotatable bonds is 2. The fraction of sp³-hybridized carbons (Fsp3) is 0.273. The first-order chi connectivity index (χ1) is 14.6. The number of amides is 2. The molecule has 3 aromatic rings. The van der Waals surface area contributed by atoms with Crippen molar-refractivity contribution < 1.29 is 9.59 Å². The molecule has 1 N–H and O–H groups in total. The Bertz CT molecular complexity index is 1240. The van der Waals surface area contributed by atoms with Gasteiger partial charge in [-0.3, -0.25) is 14.4 Å². The van der Waals surface area contributed by atoms with Gasteiger partial charge < -0.3 is 14.8 Å². The molecular formula is C22H21N5O3. The maximum atomic E-state index is 13.0. The zero-order valence-electron chi connectivity index (χ0n) is 16.4. The second-order valence-electron chi connectivity index (χ2n) is 7.60. The summed E-state index contributed by atoms with van der Waals surface area (Å²) in [6.07, 6.45) is 10.3. The highest BCUT2D eigenvalue weighted by Crippen LogP contribution is 2.23. The van der Waals surface area contributed by atoms with E-state index in [-0.39, 0.29) is 22.9 Å². The summed E-state index contributed by atoms with van der Waals surface area (Å²) in [6.45, 7) is 1.94. The number of hydrogen-bond donors (Lipinski definition) is 1. The Labute approximate surface area is 172 Å². The molecule has 0 fully saturated rings. The van der Waals surface area contributed by atoms with Crippen molar-refractivity contribution in [2.75, 3.05) is 19.6 Å². The molecule has 8 heteroatoms. The van der Waals surface area contributed by atoms with Gasteiger partial charge in [-0.05, 0) is 42.2 Å². The van der Waals surface area contributed by atoms with Gasteiger partial charge in [0.15, 0.2) is 0 Å². The molecule has 5 rings (SSSR count). The van der Waals surface area contributed by atoms with Crippen LogP contribution in [0.25, 0.3) is 5.52 Å². The molecule has 0 unspecified atom stereocenters. The number of carbonyl (C=O) groups is 2. The lowest BCUT2D eigenvalue weighted by Crippen LogP contribution is -2.41. The minimum atomic E-state index is -0.362. The molecule has 8 nitrogen and oxygen atoms in total. The Balaban J connectivity index is 1.42. The molecule has 30 heavy (non-hydrogen) atoms. The molecule has 152 valence electrons. The van der Waals surface area contributed by atoms with E-state index in [2.05, 4.69) is 10.1 Å². The highest BCUT2D eigenvalue weighted by Gasteiger charge is 2.29. The third kappa shape index (κ3) is 3.10. The number of pyridine rings is 2. The standard InChI is InChI=1S/C22H21N5O3/c28-20-19(22(30)25-8-2-1-3-9-25)18-6-10-26(14-16(18)13-23-20)21(29)15-5-11-27-17(12-15)4-7-24-27/h1-2,4-5,7,11-13H,3,6,8-10,14H2,(H,23,28). The second-order valence-corrected chi connectivity index (χ2v) is 7.60. The Morgan fingerprint density at radius 3 is 2.80 bits per heavy atom.